The number of hydrogen-bond donors (Lipinski definition) is 2. The van der Waals surface area contributed by atoms with Gasteiger partial charge >= 0.3 is 0 Å². The Morgan fingerprint density at radius 1 is 1.12 bits per heavy atom. The second-order valence-electron chi connectivity index (χ2n) is 7.55. The van der Waals surface area contributed by atoms with Gasteiger partial charge < -0.3 is 9.67 Å². The molecule has 5 aromatic rings. The molecule has 1 amide bonds. The predicted molar refractivity (Wildman–Crippen MR) is 129 cm³/mol. The predicted octanol–water partition coefficient (Wildman–Crippen LogP) is 5.33. The SMILES string of the molecule is Cc1cc(C)c2c(-n3cccc3)c(C(=O)N/N=C\c3c(O)ccc4ccccc34)sc2n1. The van der Waals surface area contributed by atoms with Crippen molar-refractivity contribution >= 4 is 44.4 Å². The van der Waals surface area contributed by atoms with Gasteiger partial charge in [0.1, 0.15) is 15.5 Å². The minimum atomic E-state index is -0.329. The van der Waals surface area contributed by atoms with E-state index in [9.17, 15) is 9.90 Å². The van der Waals surface area contributed by atoms with Gasteiger partial charge in [-0.2, -0.15) is 5.10 Å². The Kier molecular flexibility index (Phi) is 4.95. The number of pyridine rings is 1. The molecular formula is C25H20N4O2S. The maximum atomic E-state index is 13.1. The second kappa shape index (κ2) is 7.94. The van der Waals surface area contributed by atoms with Crippen molar-refractivity contribution in [2.75, 3.05) is 0 Å². The van der Waals surface area contributed by atoms with Crippen molar-refractivity contribution in [3.63, 3.8) is 0 Å². The lowest BCUT2D eigenvalue weighted by Crippen LogP contribution is -2.18. The van der Waals surface area contributed by atoms with Crippen LogP contribution in [-0.2, 0) is 0 Å². The van der Waals surface area contributed by atoms with E-state index in [1.165, 1.54) is 17.6 Å². The molecule has 0 aliphatic heterocycles. The molecule has 0 aliphatic rings. The number of carbonyl (C=O) groups excluding carboxylic acids is 1. The number of nitrogens with zero attached hydrogens (tertiary/aromatic N) is 3. The number of benzene rings is 2. The first kappa shape index (κ1) is 20.0. The Morgan fingerprint density at radius 3 is 2.72 bits per heavy atom. The number of aromatic hydroxyl groups is 1. The van der Waals surface area contributed by atoms with Crippen LogP contribution in [0.5, 0.6) is 5.75 Å². The number of amides is 1. The fourth-order valence-corrected chi connectivity index (χ4v) is 5.12. The highest BCUT2D eigenvalue weighted by Gasteiger charge is 2.22. The molecule has 0 spiro atoms. The lowest BCUT2D eigenvalue weighted by Gasteiger charge is -2.07. The van der Waals surface area contributed by atoms with E-state index in [-0.39, 0.29) is 11.7 Å². The number of rotatable bonds is 4. The van der Waals surface area contributed by atoms with E-state index in [2.05, 4.69) is 15.5 Å². The number of hydrazone groups is 1. The zero-order valence-electron chi connectivity index (χ0n) is 17.5. The van der Waals surface area contributed by atoms with Crippen molar-refractivity contribution in [2.24, 2.45) is 5.10 Å². The van der Waals surface area contributed by atoms with Gasteiger partial charge in [0, 0.05) is 29.0 Å². The standard InChI is InChI=1S/C25H20N4O2S/c1-15-13-16(2)27-25-21(15)22(29-11-5-6-12-29)23(32-25)24(31)28-26-14-19-18-8-4-3-7-17(18)9-10-20(19)30/h3-14,30H,1-2H3,(H,28,31)/b26-14-. The van der Waals surface area contributed by atoms with Gasteiger partial charge in [-0.25, -0.2) is 10.4 Å². The molecule has 0 saturated carbocycles. The average Bonchev–Trinajstić information content (AvgIpc) is 3.43. The molecule has 3 aromatic heterocycles. The van der Waals surface area contributed by atoms with Gasteiger partial charge in [-0.15, -0.1) is 11.3 Å². The number of aryl methyl sites for hydroxylation is 2. The zero-order chi connectivity index (χ0) is 22.2. The molecule has 2 aromatic carbocycles. The Balaban J connectivity index is 1.53. The third-order valence-corrected chi connectivity index (χ3v) is 6.41. The van der Waals surface area contributed by atoms with E-state index in [1.54, 1.807) is 6.07 Å². The van der Waals surface area contributed by atoms with Gasteiger partial charge in [-0.05, 0) is 54.4 Å². The van der Waals surface area contributed by atoms with Crippen LogP contribution in [-0.4, -0.2) is 26.8 Å². The molecule has 0 atom stereocenters. The Labute approximate surface area is 188 Å². The number of nitrogens with one attached hydrogen (secondary N) is 1. The van der Waals surface area contributed by atoms with Gasteiger partial charge in [-0.3, -0.25) is 4.79 Å². The molecule has 158 valence electrons. The summed E-state index contributed by atoms with van der Waals surface area (Å²) in [5.41, 5.74) is 5.95. The molecule has 0 saturated heterocycles. The number of fused-ring (bicyclic) bond motifs is 2. The highest BCUT2D eigenvalue weighted by Crippen LogP contribution is 2.36. The first-order valence-electron chi connectivity index (χ1n) is 10.1. The van der Waals surface area contributed by atoms with Crippen LogP contribution in [0.2, 0.25) is 0 Å². The molecule has 32 heavy (non-hydrogen) atoms. The Hall–Kier alpha value is -3.97. The smallest absolute Gasteiger partial charge is 0.283 e. The Morgan fingerprint density at radius 2 is 1.91 bits per heavy atom. The summed E-state index contributed by atoms with van der Waals surface area (Å²) >= 11 is 1.34. The molecule has 0 bridgehead atoms. The summed E-state index contributed by atoms with van der Waals surface area (Å²) in [6.07, 6.45) is 5.30. The number of thiophene rings is 1. The van der Waals surface area contributed by atoms with E-state index < -0.39 is 0 Å². The van der Waals surface area contributed by atoms with Crippen LogP contribution < -0.4 is 5.43 Å². The van der Waals surface area contributed by atoms with Crippen molar-refractivity contribution in [1.82, 2.24) is 15.0 Å². The Bertz CT molecular complexity index is 1500. The maximum Gasteiger partial charge on any atom is 0.283 e. The van der Waals surface area contributed by atoms with Crippen LogP contribution in [0.15, 0.2) is 72.1 Å². The molecule has 0 aliphatic carbocycles. The number of phenols is 1. The zero-order valence-corrected chi connectivity index (χ0v) is 18.4. The minimum Gasteiger partial charge on any atom is -0.507 e. The van der Waals surface area contributed by atoms with Crippen LogP contribution in [0.4, 0.5) is 0 Å². The van der Waals surface area contributed by atoms with Gasteiger partial charge in [0.15, 0.2) is 0 Å². The average molecular weight is 441 g/mol. The summed E-state index contributed by atoms with van der Waals surface area (Å²) < 4.78 is 1.93. The first-order chi connectivity index (χ1) is 15.5. The summed E-state index contributed by atoms with van der Waals surface area (Å²) in [4.78, 5) is 19.1. The van der Waals surface area contributed by atoms with Crippen LogP contribution in [0.25, 0.3) is 26.7 Å². The van der Waals surface area contributed by atoms with E-state index >= 15 is 0 Å². The van der Waals surface area contributed by atoms with Gasteiger partial charge in [0.25, 0.3) is 5.91 Å². The molecule has 6 nitrogen and oxygen atoms in total. The van der Waals surface area contributed by atoms with Crippen molar-refractivity contribution in [3.8, 4) is 11.4 Å². The third-order valence-electron chi connectivity index (χ3n) is 5.34. The van der Waals surface area contributed by atoms with E-state index in [1.807, 2.05) is 79.3 Å². The number of carbonyl (C=O) groups is 1. The maximum absolute atomic E-state index is 13.1. The quantitative estimate of drug-likeness (QED) is 0.293. The normalized spacial score (nSPS) is 11.6. The first-order valence-corrected chi connectivity index (χ1v) is 10.9. The minimum absolute atomic E-state index is 0.104. The third kappa shape index (κ3) is 3.42. The van der Waals surface area contributed by atoms with E-state index in [4.69, 9.17) is 0 Å². The highest BCUT2D eigenvalue weighted by molar-refractivity contribution is 7.21. The molecule has 3 heterocycles. The largest absolute Gasteiger partial charge is 0.507 e. The second-order valence-corrected chi connectivity index (χ2v) is 8.55. The van der Waals surface area contributed by atoms with Gasteiger partial charge in [0.2, 0.25) is 0 Å². The highest BCUT2D eigenvalue weighted by atomic mass is 32.1. The summed E-state index contributed by atoms with van der Waals surface area (Å²) in [5.74, 6) is -0.225. The summed E-state index contributed by atoms with van der Waals surface area (Å²) in [6, 6.07) is 17.0. The molecular weight excluding hydrogens is 420 g/mol. The lowest BCUT2D eigenvalue weighted by atomic mass is 10.0. The summed E-state index contributed by atoms with van der Waals surface area (Å²) in [6.45, 7) is 3.97. The lowest BCUT2D eigenvalue weighted by molar-refractivity contribution is 0.0959. The van der Waals surface area contributed by atoms with E-state index in [0.717, 1.165) is 37.9 Å². The van der Waals surface area contributed by atoms with Gasteiger partial charge in [0.05, 0.1) is 11.9 Å². The fraction of sp³-hybridized carbons (Fsp3) is 0.0800. The summed E-state index contributed by atoms with van der Waals surface area (Å²) in [7, 11) is 0. The van der Waals surface area contributed by atoms with Crippen molar-refractivity contribution in [1.29, 1.82) is 0 Å². The van der Waals surface area contributed by atoms with E-state index in [0.29, 0.717) is 10.4 Å². The molecule has 0 unspecified atom stereocenters. The molecule has 5 rings (SSSR count). The van der Waals surface area contributed by atoms with Crippen LogP contribution >= 0.6 is 11.3 Å². The topological polar surface area (TPSA) is 79.5 Å². The van der Waals surface area contributed by atoms with Gasteiger partial charge in [-0.1, -0.05) is 30.3 Å². The number of phenolic OH excluding ortho intramolecular Hbond substituents is 1. The molecule has 2 N–H and O–H groups in total. The summed E-state index contributed by atoms with van der Waals surface area (Å²) in [5, 5.41) is 17.2. The molecule has 0 radical (unpaired) electrons. The van der Waals surface area contributed by atoms with Crippen LogP contribution in [0, 0.1) is 13.8 Å². The number of aromatic nitrogens is 2. The molecule has 0 fully saturated rings. The van der Waals surface area contributed by atoms with Crippen LogP contribution in [0.1, 0.15) is 26.5 Å². The molecule has 7 heteroatoms. The fourth-order valence-electron chi connectivity index (χ4n) is 3.93. The van der Waals surface area contributed by atoms with Crippen molar-refractivity contribution < 1.29 is 9.90 Å². The van der Waals surface area contributed by atoms with Crippen LogP contribution in [0.3, 0.4) is 0 Å². The van der Waals surface area contributed by atoms with Crippen molar-refractivity contribution in [2.45, 2.75) is 13.8 Å². The monoisotopic (exact) mass is 440 g/mol. The van der Waals surface area contributed by atoms with Crippen molar-refractivity contribution in [3.05, 3.63) is 88.7 Å². The number of hydrogen-bond acceptors (Lipinski definition) is 5.